The molecule has 1 N–H and O–H groups in total. The summed E-state index contributed by atoms with van der Waals surface area (Å²) in [6.45, 7) is 6.30. The van der Waals surface area contributed by atoms with Crippen LogP contribution in [0.1, 0.15) is 22.5 Å². The Labute approximate surface area is 140 Å². The molecule has 0 atom stereocenters. The smallest absolute Gasteiger partial charge is 0.194 e. The predicted molar refractivity (Wildman–Crippen MR) is 93.6 cm³/mol. The van der Waals surface area contributed by atoms with E-state index in [1.807, 2.05) is 44.0 Å². The Morgan fingerprint density at radius 3 is 2.86 bits per heavy atom. The molecule has 5 nitrogen and oxygen atoms in total. The second-order valence-electron chi connectivity index (χ2n) is 5.13. The highest BCUT2D eigenvalue weighted by molar-refractivity contribution is 7.11. The zero-order chi connectivity index (χ0) is 16.1. The van der Waals surface area contributed by atoms with Crippen molar-refractivity contribution in [1.82, 2.24) is 19.8 Å². The van der Waals surface area contributed by atoms with E-state index in [-0.39, 0.29) is 0 Å². The summed E-state index contributed by atoms with van der Waals surface area (Å²) in [5.41, 5.74) is 1.15. The zero-order valence-electron chi connectivity index (χ0n) is 13.4. The Kier molecular flexibility index (Phi) is 5.85. The fraction of sp³-hybridized carbons (Fsp3) is 0.467. The van der Waals surface area contributed by atoms with Gasteiger partial charge in [-0.15, -0.1) is 11.3 Å². The van der Waals surface area contributed by atoms with E-state index in [2.05, 4.69) is 27.1 Å². The van der Waals surface area contributed by atoms with Crippen LogP contribution in [0.4, 0.5) is 0 Å². The quantitative estimate of drug-likeness (QED) is 0.672. The highest BCUT2D eigenvalue weighted by Crippen LogP contribution is 2.15. The summed E-state index contributed by atoms with van der Waals surface area (Å²) in [4.78, 5) is 12.2. The predicted octanol–water partition coefficient (Wildman–Crippen LogP) is 3.04. The molecule has 7 heteroatoms. The summed E-state index contributed by atoms with van der Waals surface area (Å²) in [6, 6.07) is 1.98. The molecule has 2 aromatic heterocycles. The van der Waals surface area contributed by atoms with Crippen molar-refractivity contribution in [3.8, 4) is 0 Å². The van der Waals surface area contributed by atoms with E-state index in [0.29, 0.717) is 6.54 Å². The molecule has 0 aliphatic carbocycles. The van der Waals surface area contributed by atoms with Gasteiger partial charge in [-0.05, 0) is 19.9 Å². The number of aromatic nitrogens is 2. The molecule has 0 aromatic carbocycles. The van der Waals surface area contributed by atoms with E-state index in [4.69, 9.17) is 11.6 Å². The summed E-state index contributed by atoms with van der Waals surface area (Å²) in [7, 11) is 4.03. The first-order chi connectivity index (χ1) is 10.5. The van der Waals surface area contributed by atoms with E-state index >= 15 is 0 Å². The van der Waals surface area contributed by atoms with Crippen LogP contribution >= 0.6 is 22.9 Å². The number of rotatable bonds is 5. The van der Waals surface area contributed by atoms with Gasteiger partial charge in [0.25, 0.3) is 0 Å². The van der Waals surface area contributed by atoms with Gasteiger partial charge in [0, 0.05) is 43.6 Å². The van der Waals surface area contributed by atoms with Gasteiger partial charge in [0.2, 0.25) is 0 Å². The molecule has 0 radical (unpaired) electrons. The van der Waals surface area contributed by atoms with Crippen LogP contribution in [0.3, 0.4) is 0 Å². The van der Waals surface area contributed by atoms with E-state index in [1.54, 1.807) is 11.3 Å². The monoisotopic (exact) mass is 339 g/mol. The first-order valence-corrected chi connectivity index (χ1v) is 8.40. The van der Waals surface area contributed by atoms with Gasteiger partial charge in [-0.2, -0.15) is 0 Å². The van der Waals surface area contributed by atoms with Crippen LogP contribution < -0.4 is 5.32 Å². The minimum Gasteiger partial charge on any atom is -0.357 e. The Balaban J connectivity index is 2.07. The molecular formula is C15H22ClN5S. The molecule has 0 saturated carbocycles. The molecule has 0 fully saturated rings. The fourth-order valence-corrected chi connectivity index (χ4v) is 3.13. The van der Waals surface area contributed by atoms with Crippen LogP contribution in [0.25, 0.3) is 0 Å². The minimum atomic E-state index is 0.645. The number of hydrogen-bond donors (Lipinski definition) is 1. The first-order valence-electron chi connectivity index (χ1n) is 7.21. The van der Waals surface area contributed by atoms with Gasteiger partial charge >= 0.3 is 0 Å². The molecule has 0 aliphatic rings. The van der Waals surface area contributed by atoms with Crippen LogP contribution in [0.15, 0.2) is 23.5 Å². The van der Waals surface area contributed by atoms with Crippen molar-refractivity contribution in [2.45, 2.75) is 26.9 Å². The van der Waals surface area contributed by atoms with Gasteiger partial charge in [-0.25, -0.2) is 9.98 Å². The molecule has 0 bridgehead atoms. The fourth-order valence-electron chi connectivity index (χ4n) is 2.14. The average Bonchev–Trinajstić information content (AvgIpc) is 3.00. The lowest BCUT2D eigenvalue weighted by Crippen LogP contribution is -2.38. The third-order valence-corrected chi connectivity index (χ3v) is 4.33. The lowest BCUT2D eigenvalue weighted by molar-refractivity contribution is 0.462. The van der Waals surface area contributed by atoms with E-state index in [9.17, 15) is 0 Å². The molecule has 22 heavy (non-hydrogen) atoms. The first kappa shape index (κ1) is 16.8. The number of hydrogen-bond acceptors (Lipinski definition) is 3. The van der Waals surface area contributed by atoms with Crippen LogP contribution in [-0.4, -0.2) is 34.0 Å². The Morgan fingerprint density at radius 1 is 1.55 bits per heavy atom. The van der Waals surface area contributed by atoms with Crippen LogP contribution in [-0.2, 0) is 20.1 Å². The second kappa shape index (κ2) is 7.65. The summed E-state index contributed by atoms with van der Waals surface area (Å²) in [6.07, 6.45) is 3.80. The summed E-state index contributed by atoms with van der Waals surface area (Å²) in [5, 5.41) is 5.15. The molecule has 2 aromatic rings. The molecular weight excluding hydrogens is 318 g/mol. The number of thiazole rings is 1. The average molecular weight is 340 g/mol. The van der Waals surface area contributed by atoms with Crippen LogP contribution in [0.5, 0.6) is 0 Å². The van der Waals surface area contributed by atoms with Crippen molar-refractivity contribution >= 4 is 28.9 Å². The van der Waals surface area contributed by atoms with Crippen molar-refractivity contribution < 1.29 is 0 Å². The molecule has 0 unspecified atom stereocenters. The van der Waals surface area contributed by atoms with Crippen molar-refractivity contribution in [3.63, 3.8) is 0 Å². The van der Waals surface area contributed by atoms with Crippen molar-refractivity contribution in [3.05, 3.63) is 39.1 Å². The minimum absolute atomic E-state index is 0.645. The lowest BCUT2D eigenvalue weighted by Gasteiger charge is -2.22. The zero-order valence-corrected chi connectivity index (χ0v) is 15.0. The van der Waals surface area contributed by atoms with E-state index in [0.717, 1.165) is 34.8 Å². The Morgan fingerprint density at radius 2 is 2.32 bits per heavy atom. The van der Waals surface area contributed by atoms with Gasteiger partial charge in [0.1, 0.15) is 0 Å². The largest absolute Gasteiger partial charge is 0.357 e. The lowest BCUT2D eigenvalue weighted by atomic mass is 10.4. The summed E-state index contributed by atoms with van der Waals surface area (Å²) < 4.78 is 2.04. The molecule has 2 heterocycles. The van der Waals surface area contributed by atoms with Gasteiger partial charge < -0.3 is 14.8 Å². The third-order valence-electron chi connectivity index (χ3n) is 3.22. The molecule has 0 spiro atoms. The molecule has 0 saturated heterocycles. The number of aryl methyl sites for hydroxylation is 2. The molecule has 0 amide bonds. The Bertz CT molecular complexity index is 646. The van der Waals surface area contributed by atoms with E-state index in [1.165, 1.54) is 4.88 Å². The highest BCUT2D eigenvalue weighted by Gasteiger charge is 2.10. The van der Waals surface area contributed by atoms with E-state index < -0.39 is 0 Å². The maximum Gasteiger partial charge on any atom is 0.194 e. The van der Waals surface area contributed by atoms with Crippen molar-refractivity contribution in [2.75, 3.05) is 13.6 Å². The van der Waals surface area contributed by atoms with Gasteiger partial charge in [-0.3, -0.25) is 0 Å². The molecule has 2 rings (SSSR count). The molecule has 0 aliphatic heterocycles. The van der Waals surface area contributed by atoms with Crippen molar-refractivity contribution in [2.24, 2.45) is 12.0 Å². The summed E-state index contributed by atoms with van der Waals surface area (Å²) in [5.74, 6) is 0.880. The summed E-state index contributed by atoms with van der Waals surface area (Å²) >= 11 is 7.73. The van der Waals surface area contributed by atoms with Crippen molar-refractivity contribution in [1.29, 1.82) is 0 Å². The third kappa shape index (κ3) is 4.48. The molecule has 120 valence electrons. The van der Waals surface area contributed by atoms with Crippen LogP contribution in [0, 0.1) is 6.92 Å². The maximum atomic E-state index is 6.04. The normalized spacial score (nSPS) is 11.8. The number of halogens is 1. The standard InChI is InChI=1S/C15H22ClN5S/c1-5-17-15(19-8-14-7-18-11(2)22-14)21(4)10-13-6-12(16)9-20(13)3/h6-7,9H,5,8,10H2,1-4H3,(H,17,19). The maximum absolute atomic E-state index is 6.04. The SMILES string of the molecule is CCNC(=NCc1cnc(C)s1)N(C)Cc1cc(Cl)cn1C. The Hall–Kier alpha value is -1.53. The second-order valence-corrected chi connectivity index (χ2v) is 6.89. The van der Waals surface area contributed by atoms with Gasteiger partial charge in [-0.1, -0.05) is 11.6 Å². The number of nitrogens with one attached hydrogen (secondary N) is 1. The van der Waals surface area contributed by atoms with Crippen LogP contribution in [0.2, 0.25) is 5.02 Å². The van der Waals surface area contributed by atoms with Gasteiger partial charge in [0.15, 0.2) is 5.96 Å². The number of nitrogens with zero attached hydrogens (tertiary/aromatic N) is 4. The highest BCUT2D eigenvalue weighted by atomic mass is 35.5. The van der Waals surface area contributed by atoms with Gasteiger partial charge in [0.05, 0.1) is 23.1 Å². The number of aliphatic imine (C=N–C) groups is 1. The number of guanidine groups is 1. The topological polar surface area (TPSA) is 45.5 Å².